The highest BCUT2D eigenvalue weighted by Crippen LogP contribution is 2.26. The topological polar surface area (TPSA) is 66.5 Å². The van der Waals surface area contributed by atoms with Crippen LogP contribution >= 0.6 is 0 Å². The van der Waals surface area contributed by atoms with Crippen LogP contribution in [0.3, 0.4) is 0 Å². The number of carbonyl (C=O) groups excluding carboxylic acids is 1. The lowest BCUT2D eigenvalue weighted by Crippen LogP contribution is -2.32. The minimum Gasteiger partial charge on any atom is -0.352 e. The number of carbonyl (C=O) groups is 1. The van der Waals surface area contributed by atoms with Gasteiger partial charge in [0.15, 0.2) is 0 Å². The fraction of sp³-hybridized carbons (Fsp3) is 0.381. The van der Waals surface area contributed by atoms with Crippen LogP contribution in [0.15, 0.2) is 53.4 Å². The summed E-state index contributed by atoms with van der Waals surface area (Å²) in [5.41, 5.74) is 1.57. The van der Waals surface area contributed by atoms with E-state index in [-0.39, 0.29) is 10.8 Å². The van der Waals surface area contributed by atoms with Crippen LogP contribution in [0, 0.1) is 12.8 Å². The fourth-order valence-corrected chi connectivity index (χ4v) is 4.53. The van der Waals surface area contributed by atoms with E-state index in [1.165, 1.54) is 10.4 Å². The smallest absolute Gasteiger partial charge is 0.264 e. The van der Waals surface area contributed by atoms with Crippen LogP contribution in [0.5, 0.6) is 0 Å². The van der Waals surface area contributed by atoms with Gasteiger partial charge in [-0.1, -0.05) is 38.1 Å². The quantitative estimate of drug-likeness (QED) is 0.744. The van der Waals surface area contributed by atoms with Crippen molar-refractivity contribution in [3.05, 3.63) is 59.7 Å². The molecule has 1 N–H and O–H groups in total. The second-order valence-electron chi connectivity index (χ2n) is 6.92. The summed E-state index contributed by atoms with van der Waals surface area (Å²) in [6, 6.07) is 13.8. The number of anilines is 1. The highest BCUT2D eigenvalue weighted by Gasteiger charge is 2.26. The second-order valence-corrected chi connectivity index (χ2v) is 8.75. The molecule has 27 heavy (non-hydrogen) atoms. The molecule has 0 unspecified atom stereocenters. The van der Waals surface area contributed by atoms with E-state index in [9.17, 15) is 13.2 Å². The van der Waals surface area contributed by atoms with Gasteiger partial charge in [-0.05, 0) is 56.0 Å². The molecule has 2 aromatic carbocycles. The van der Waals surface area contributed by atoms with Crippen LogP contribution in [-0.4, -0.2) is 27.4 Å². The molecule has 2 rings (SSSR count). The molecule has 0 atom stereocenters. The summed E-state index contributed by atoms with van der Waals surface area (Å²) >= 11 is 0. The highest BCUT2D eigenvalue weighted by atomic mass is 32.2. The monoisotopic (exact) mass is 388 g/mol. The van der Waals surface area contributed by atoms with Crippen molar-refractivity contribution in [1.29, 1.82) is 0 Å². The standard InChI is InChI=1S/C21H28N2O3S/c1-5-23(19-9-7-6-8-10-19)27(25,26)20-15-18(12-11-17(20)4)21(24)22-14-13-16(2)3/h6-12,15-16H,5,13-14H2,1-4H3,(H,22,24). The van der Waals surface area contributed by atoms with Gasteiger partial charge in [-0.2, -0.15) is 0 Å². The van der Waals surface area contributed by atoms with E-state index in [4.69, 9.17) is 0 Å². The van der Waals surface area contributed by atoms with E-state index in [1.54, 1.807) is 50.2 Å². The predicted octanol–water partition coefficient (Wildman–Crippen LogP) is 3.99. The summed E-state index contributed by atoms with van der Waals surface area (Å²) in [5, 5.41) is 2.86. The Hall–Kier alpha value is -2.34. The number of nitrogens with zero attached hydrogens (tertiary/aromatic N) is 1. The first-order chi connectivity index (χ1) is 12.8. The van der Waals surface area contributed by atoms with Crippen molar-refractivity contribution in [1.82, 2.24) is 5.32 Å². The molecule has 0 aliphatic rings. The van der Waals surface area contributed by atoms with Crippen molar-refractivity contribution in [2.75, 3.05) is 17.4 Å². The Morgan fingerprint density at radius 2 is 1.78 bits per heavy atom. The van der Waals surface area contributed by atoms with Gasteiger partial charge in [0.1, 0.15) is 0 Å². The number of aryl methyl sites for hydroxylation is 1. The number of nitrogens with one attached hydrogen (secondary N) is 1. The molecule has 2 aromatic rings. The normalized spacial score (nSPS) is 11.4. The molecule has 0 aromatic heterocycles. The van der Waals surface area contributed by atoms with Gasteiger partial charge in [0.2, 0.25) is 0 Å². The van der Waals surface area contributed by atoms with Crippen molar-refractivity contribution < 1.29 is 13.2 Å². The number of rotatable bonds is 8. The van der Waals surface area contributed by atoms with Crippen LogP contribution in [0.25, 0.3) is 0 Å². The van der Waals surface area contributed by atoms with E-state index in [2.05, 4.69) is 19.2 Å². The minimum atomic E-state index is -3.77. The Kier molecular flexibility index (Phi) is 7.02. The number of hydrogen-bond acceptors (Lipinski definition) is 3. The molecule has 0 bridgehead atoms. The van der Waals surface area contributed by atoms with E-state index in [0.29, 0.717) is 35.8 Å². The molecule has 5 nitrogen and oxygen atoms in total. The summed E-state index contributed by atoms with van der Waals surface area (Å²) in [6.07, 6.45) is 0.875. The summed E-state index contributed by atoms with van der Waals surface area (Å²) < 4.78 is 27.9. The zero-order valence-corrected chi connectivity index (χ0v) is 17.2. The maximum Gasteiger partial charge on any atom is 0.264 e. The maximum atomic E-state index is 13.3. The molecule has 0 spiro atoms. The Morgan fingerprint density at radius 3 is 2.37 bits per heavy atom. The van der Waals surface area contributed by atoms with Gasteiger partial charge in [-0.3, -0.25) is 9.10 Å². The molecule has 0 aliphatic carbocycles. The molecule has 1 amide bonds. The molecule has 0 saturated heterocycles. The van der Waals surface area contributed by atoms with Crippen LogP contribution in [0.4, 0.5) is 5.69 Å². The van der Waals surface area contributed by atoms with E-state index >= 15 is 0 Å². The molecular formula is C21H28N2O3S. The van der Waals surface area contributed by atoms with Crippen molar-refractivity contribution >= 4 is 21.6 Å². The zero-order chi connectivity index (χ0) is 20.0. The largest absolute Gasteiger partial charge is 0.352 e. The lowest BCUT2D eigenvalue weighted by molar-refractivity contribution is 0.0952. The summed E-state index contributed by atoms with van der Waals surface area (Å²) in [7, 11) is -3.77. The molecular weight excluding hydrogens is 360 g/mol. The molecule has 0 heterocycles. The molecule has 0 fully saturated rings. The van der Waals surface area contributed by atoms with Crippen LogP contribution in [-0.2, 0) is 10.0 Å². The summed E-state index contributed by atoms with van der Waals surface area (Å²) in [5.74, 6) is 0.234. The van der Waals surface area contributed by atoms with E-state index in [0.717, 1.165) is 6.42 Å². The summed E-state index contributed by atoms with van der Waals surface area (Å²) in [6.45, 7) is 8.58. The first kappa shape index (κ1) is 21.0. The third-order valence-corrected chi connectivity index (χ3v) is 6.40. The molecule has 0 saturated carbocycles. The number of benzene rings is 2. The van der Waals surface area contributed by atoms with Gasteiger partial charge < -0.3 is 5.32 Å². The maximum absolute atomic E-state index is 13.3. The molecule has 0 radical (unpaired) electrons. The SMILES string of the molecule is CCN(c1ccccc1)S(=O)(=O)c1cc(C(=O)NCCC(C)C)ccc1C. The third kappa shape index (κ3) is 5.10. The van der Waals surface area contributed by atoms with Crippen molar-refractivity contribution in [3.63, 3.8) is 0 Å². The van der Waals surface area contributed by atoms with Gasteiger partial charge in [0.05, 0.1) is 10.6 Å². The average molecular weight is 389 g/mol. The van der Waals surface area contributed by atoms with Gasteiger partial charge >= 0.3 is 0 Å². The zero-order valence-electron chi connectivity index (χ0n) is 16.4. The van der Waals surface area contributed by atoms with Crippen molar-refractivity contribution in [2.45, 2.75) is 39.0 Å². The van der Waals surface area contributed by atoms with Gasteiger partial charge in [-0.25, -0.2) is 8.42 Å². The van der Waals surface area contributed by atoms with Crippen molar-refractivity contribution in [3.8, 4) is 0 Å². The lowest BCUT2D eigenvalue weighted by Gasteiger charge is -2.24. The van der Waals surface area contributed by atoms with Crippen LogP contribution < -0.4 is 9.62 Å². The van der Waals surface area contributed by atoms with E-state index in [1.807, 2.05) is 6.07 Å². The number of sulfonamides is 1. The molecule has 6 heteroatoms. The number of hydrogen-bond donors (Lipinski definition) is 1. The predicted molar refractivity (Wildman–Crippen MR) is 110 cm³/mol. The van der Waals surface area contributed by atoms with Gasteiger partial charge in [0, 0.05) is 18.7 Å². The van der Waals surface area contributed by atoms with Gasteiger partial charge in [-0.15, -0.1) is 0 Å². The first-order valence-corrected chi connectivity index (χ1v) is 10.7. The Morgan fingerprint density at radius 1 is 1.11 bits per heavy atom. The molecule has 0 aliphatic heterocycles. The first-order valence-electron chi connectivity index (χ1n) is 9.24. The Balaban J connectivity index is 2.35. The van der Waals surface area contributed by atoms with Crippen LogP contribution in [0.1, 0.15) is 43.1 Å². The Bertz CT molecular complexity index is 878. The minimum absolute atomic E-state index is 0.157. The summed E-state index contributed by atoms with van der Waals surface area (Å²) in [4.78, 5) is 12.6. The van der Waals surface area contributed by atoms with Gasteiger partial charge in [0.25, 0.3) is 15.9 Å². The lowest BCUT2D eigenvalue weighted by atomic mass is 10.1. The molecule has 146 valence electrons. The van der Waals surface area contributed by atoms with Crippen LogP contribution in [0.2, 0.25) is 0 Å². The average Bonchev–Trinajstić information content (AvgIpc) is 2.62. The number of para-hydroxylation sites is 1. The third-order valence-electron chi connectivity index (χ3n) is 4.36. The second kappa shape index (κ2) is 9.04. The fourth-order valence-electron chi connectivity index (χ4n) is 2.80. The highest BCUT2D eigenvalue weighted by molar-refractivity contribution is 7.92. The number of amides is 1. The van der Waals surface area contributed by atoms with Crippen molar-refractivity contribution in [2.24, 2.45) is 5.92 Å². The Labute approximate surface area is 162 Å². The van der Waals surface area contributed by atoms with E-state index < -0.39 is 10.0 Å².